The van der Waals surface area contributed by atoms with Crippen molar-refractivity contribution >= 4 is 5.69 Å². The third kappa shape index (κ3) is 2.76. The molecule has 0 radical (unpaired) electrons. The minimum atomic E-state index is -0.176. The zero-order valence-electron chi connectivity index (χ0n) is 10.2. The first kappa shape index (κ1) is 12.3. The molecule has 1 heterocycles. The van der Waals surface area contributed by atoms with E-state index in [4.69, 9.17) is 10.5 Å². The SMILES string of the molecule is CN(c1ccc(CCN)cc1F)C1CCOC1. The van der Waals surface area contributed by atoms with Gasteiger partial charge in [0, 0.05) is 13.7 Å². The van der Waals surface area contributed by atoms with Crippen LogP contribution in [0.4, 0.5) is 10.1 Å². The highest BCUT2D eigenvalue weighted by molar-refractivity contribution is 5.49. The zero-order chi connectivity index (χ0) is 12.3. The summed E-state index contributed by atoms with van der Waals surface area (Å²) in [6.45, 7) is 1.99. The van der Waals surface area contributed by atoms with E-state index in [-0.39, 0.29) is 11.9 Å². The summed E-state index contributed by atoms with van der Waals surface area (Å²) in [6.07, 6.45) is 1.67. The van der Waals surface area contributed by atoms with Crippen LogP contribution in [-0.2, 0) is 11.2 Å². The summed E-state index contributed by atoms with van der Waals surface area (Å²) in [5, 5.41) is 0. The predicted molar refractivity (Wildman–Crippen MR) is 66.8 cm³/mol. The van der Waals surface area contributed by atoms with Crippen LogP contribution in [0.2, 0.25) is 0 Å². The molecule has 1 unspecified atom stereocenters. The van der Waals surface area contributed by atoms with Gasteiger partial charge in [-0.3, -0.25) is 0 Å². The molecular weight excluding hydrogens is 219 g/mol. The molecule has 1 aromatic rings. The van der Waals surface area contributed by atoms with Crippen LogP contribution >= 0.6 is 0 Å². The molecule has 1 atom stereocenters. The Hall–Kier alpha value is -1.13. The highest BCUT2D eigenvalue weighted by Gasteiger charge is 2.22. The minimum Gasteiger partial charge on any atom is -0.379 e. The van der Waals surface area contributed by atoms with Gasteiger partial charge in [-0.05, 0) is 37.1 Å². The van der Waals surface area contributed by atoms with E-state index in [2.05, 4.69) is 0 Å². The van der Waals surface area contributed by atoms with Crippen LogP contribution < -0.4 is 10.6 Å². The summed E-state index contributed by atoms with van der Waals surface area (Å²) in [5.41, 5.74) is 7.05. The Labute approximate surface area is 101 Å². The fraction of sp³-hybridized carbons (Fsp3) is 0.538. The van der Waals surface area contributed by atoms with Crippen LogP contribution in [0.25, 0.3) is 0 Å². The summed E-state index contributed by atoms with van der Waals surface area (Å²) in [5.74, 6) is -0.176. The molecule has 17 heavy (non-hydrogen) atoms. The van der Waals surface area contributed by atoms with Gasteiger partial charge in [0.1, 0.15) is 5.82 Å². The second kappa shape index (κ2) is 5.47. The second-order valence-corrected chi connectivity index (χ2v) is 4.45. The maximum atomic E-state index is 14.0. The molecule has 0 bridgehead atoms. The molecule has 0 aromatic heterocycles. The van der Waals surface area contributed by atoms with Crippen molar-refractivity contribution in [2.45, 2.75) is 18.9 Å². The average molecular weight is 238 g/mol. The Morgan fingerprint density at radius 2 is 2.35 bits per heavy atom. The number of hydrogen-bond donors (Lipinski definition) is 1. The predicted octanol–water partition coefficient (Wildman–Crippen LogP) is 1.55. The van der Waals surface area contributed by atoms with E-state index in [0.717, 1.165) is 18.6 Å². The molecule has 2 N–H and O–H groups in total. The van der Waals surface area contributed by atoms with Crippen molar-refractivity contribution in [2.75, 3.05) is 31.7 Å². The molecule has 0 amide bonds. The number of nitrogens with two attached hydrogens (primary N) is 1. The summed E-state index contributed by atoms with van der Waals surface area (Å²) in [7, 11) is 1.92. The Bertz CT molecular complexity index is 378. The van der Waals surface area contributed by atoms with Gasteiger partial charge in [0.2, 0.25) is 0 Å². The lowest BCUT2D eigenvalue weighted by molar-refractivity contribution is 0.193. The van der Waals surface area contributed by atoms with E-state index in [1.54, 1.807) is 6.07 Å². The van der Waals surface area contributed by atoms with E-state index < -0.39 is 0 Å². The van der Waals surface area contributed by atoms with Crippen molar-refractivity contribution in [1.29, 1.82) is 0 Å². The van der Waals surface area contributed by atoms with Crippen LogP contribution in [-0.4, -0.2) is 32.8 Å². The molecule has 2 rings (SSSR count). The highest BCUT2D eigenvalue weighted by Crippen LogP contribution is 2.24. The highest BCUT2D eigenvalue weighted by atomic mass is 19.1. The summed E-state index contributed by atoms with van der Waals surface area (Å²) in [4.78, 5) is 1.97. The van der Waals surface area contributed by atoms with Gasteiger partial charge < -0.3 is 15.4 Å². The fourth-order valence-corrected chi connectivity index (χ4v) is 2.18. The normalized spacial score (nSPS) is 19.6. The molecule has 1 aliphatic heterocycles. The van der Waals surface area contributed by atoms with Crippen molar-refractivity contribution in [2.24, 2.45) is 5.73 Å². The topological polar surface area (TPSA) is 38.5 Å². The number of ether oxygens (including phenoxy) is 1. The van der Waals surface area contributed by atoms with Crippen molar-refractivity contribution in [1.82, 2.24) is 0 Å². The molecule has 1 aromatic carbocycles. The van der Waals surface area contributed by atoms with E-state index in [9.17, 15) is 4.39 Å². The fourth-order valence-electron chi connectivity index (χ4n) is 2.18. The maximum Gasteiger partial charge on any atom is 0.146 e. The van der Waals surface area contributed by atoms with E-state index >= 15 is 0 Å². The summed E-state index contributed by atoms with van der Waals surface area (Å²) >= 11 is 0. The van der Waals surface area contributed by atoms with Crippen LogP contribution in [0.15, 0.2) is 18.2 Å². The molecule has 4 heteroatoms. The van der Waals surface area contributed by atoms with Gasteiger partial charge in [0.15, 0.2) is 0 Å². The average Bonchev–Trinajstić information content (AvgIpc) is 2.82. The van der Waals surface area contributed by atoms with Crippen molar-refractivity contribution < 1.29 is 9.13 Å². The lowest BCUT2D eigenvalue weighted by Gasteiger charge is -2.26. The van der Waals surface area contributed by atoms with Crippen molar-refractivity contribution in [3.63, 3.8) is 0 Å². The van der Waals surface area contributed by atoms with Crippen LogP contribution in [0.1, 0.15) is 12.0 Å². The van der Waals surface area contributed by atoms with Gasteiger partial charge in [-0.1, -0.05) is 6.07 Å². The Morgan fingerprint density at radius 3 is 2.94 bits per heavy atom. The number of halogens is 1. The summed E-state index contributed by atoms with van der Waals surface area (Å²) in [6, 6.07) is 5.63. The molecule has 0 spiro atoms. The standard InChI is InChI=1S/C13H19FN2O/c1-16(11-5-7-17-9-11)13-3-2-10(4-6-15)8-12(13)14/h2-3,8,11H,4-7,9,15H2,1H3. The van der Waals surface area contributed by atoms with Crippen LogP contribution in [0, 0.1) is 5.82 Å². The van der Waals surface area contributed by atoms with Gasteiger partial charge in [-0.15, -0.1) is 0 Å². The van der Waals surface area contributed by atoms with Gasteiger partial charge in [0.05, 0.1) is 18.3 Å². The van der Waals surface area contributed by atoms with Crippen LogP contribution in [0.5, 0.6) is 0 Å². The van der Waals surface area contributed by atoms with Crippen LogP contribution in [0.3, 0.4) is 0 Å². The lowest BCUT2D eigenvalue weighted by Crippen LogP contribution is -2.32. The van der Waals surface area contributed by atoms with E-state index in [1.165, 1.54) is 0 Å². The van der Waals surface area contributed by atoms with Crippen molar-refractivity contribution in [3.05, 3.63) is 29.6 Å². The molecule has 3 nitrogen and oxygen atoms in total. The Kier molecular flexibility index (Phi) is 3.97. The van der Waals surface area contributed by atoms with Gasteiger partial charge in [-0.2, -0.15) is 0 Å². The monoisotopic (exact) mass is 238 g/mol. The summed E-state index contributed by atoms with van der Waals surface area (Å²) < 4.78 is 19.3. The minimum absolute atomic E-state index is 0.176. The Balaban J connectivity index is 2.14. The molecule has 0 aliphatic carbocycles. The molecular formula is C13H19FN2O. The largest absolute Gasteiger partial charge is 0.379 e. The first-order chi connectivity index (χ1) is 8.22. The number of hydrogen-bond acceptors (Lipinski definition) is 3. The maximum absolute atomic E-state index is 14.0. The number of likely N-dealkylation sites (N-methyl/N-ethyl adjacent to an activating group) is 1. The number of benzene rings is 1. The first-order valence-electron chi connectivity index (χ1n) is 6.01. The van der Waals surface area contributed by atoms with Gasteiger partial charge in [-0.25, -0.2) is 4.39 Å². The van der Waals surface area contributed by atoms with Gasteiger partial charge >= 0.3 is 0 Å². The van der Waals surface area contributed by atoms with E-state index in [0.29, 0.717) is 25.3 Å². The molecule has 0 saturated carbocycles. The number of anilines is 1. The third-order valence-corrected chi connectivity index (χ3v) is 3.28. The third-order valence-electron chi connectivity index (χ3n) is 3.28. The molecule has 1 saturated heterocycles. The molecule has 94 valence electrons. The van der Waals surface area contributed by atoms with Gasteiger partial charge in [0.25, 0.3) is 0 Å². The van der Waals surface area contributed by atoms with E-state index in [1.807, 2.05) is 24.1 Å². The zero-order valence-corrected chi connectivity index (χ0v) is 10.2. The second-order valence-electron chi connectivity index (χ2n) is 4.45. The lowest BCUT2D eigenvalue weighted by atomic mass is 10.1. The quantitative estimate of drug-likeness (QED) is 0.865. The van der Waals surface area contributed by atoms with Crippen molar-refractivity contribution in [3.8, 4) is 0 Å². The molecule has 1 fully saturated rings. The Morgan fingerprint density at radius 1 is 1.53 bits per heavy atom. The first-order valence-corrected chi connectivity index (χ1v) is 6.01. The smallest absolute Gasteiger partial charge is 0.146 e. The number of nitrogens with zero attached hydrogens (tertiary/aromatic N) is 1. The molecule has 1 aliphatic rings. The number of rotatable bonds is 4.